The standard InChI is InChI=1S/C20H25F3N2O3/c1-18(2,3)13-8-10-14(11-9-13)28-12-17(26)25-19(27,20(21,22)23)15-6-4-5-7-16(15)24-25/h8-11,15,27H,4-7,12H2,1-3H3/t15-,19-/m0/s1. The van der Waals surface area contributed by atoms with Crippen molar-refractivity contribution in [1.82, 2.24) is 5.01 Å². The molecule has 1 heterocycles. The Morgan fingerprint density at radius 3 is 2.46 bits per heavy atom. The molecular formula is C20H25F3N2O3. The van der Waals surface area contributed by atoms with E-state index in [0.717, 1.165) is 5.56 Å². The summed E-state index contributed by atoms with van der Waals surface area (Å²) in [6.45, 7) is 5.51. The van der Waals surface area contributed by atoms with Crippen molar-refractivity contribution in [3.05, 3.63) is 29.8 Å². The fraction of sp³-hybridized carbons (Fsp3) is 0.600. The normalized spacial score (nSPS) is 25.3. The SMILES string of the molecule is CC(C)(C)c1ccc(OCC(=O)N2N=C3CCCC[C@@H]3[C@]2(O)C(F)(F)F)cc1. The van der Waals surface area contributed by atoms with Crippen LogP contribution in [0.15, 0.2) is 29.4 Å². The highest BCUT2D eigenvalue weighted by Crippen LogP contribution is 2.48. The van der Waals surface area contributed by atoms with Crippen LogP contribution in [0.25, 0.3) is 0 Å². The second-order valence-electron chi connectivity index (χ2n) is 8.38. The second kappa shape index (κ2) is 7.06. The van der Waals surface area contributed by atoms with Gasteiger partial charge in [-0.25, -0.2) is 0 Å². The maximum Gasteiger partial charge on any atom is 0.439 e. The molecule has 1 amide bonds. The lowest BCUT2D eigenvalue weighted by Crippen LogP contribution is -2.62. The molecule has 2 atom stereocenters. The fourth-order valence-electron chi connectivity index (χ4n) is 3.72. The summed E-state index contributed by atoms with van der Waals surface area (Å²) in [5, 5.41) is 14.5. The van der Waals surface area contributed by atoms with Crippen LogP contribution in [0.4, 0.5) is 13.2 Å². The van der Waals surface area contributed by atoms with Crippen LogP contribution in [0, 0.1) is 5.92 Å². The first-order valence-electron chi connectivity index (χ1n) is 9.37. The van der Waals surface area contributed by atoms with Gasteiger partial charge >= 0.3 is 6.18 Å². The maximum atomic E-state index is 13.7. The van der Waals surface area contributed by atoms with Gasteiger partial charge in [0, 0.05) is 5.71 Å². The molecule has 0 spiro atoms. The van der Waals surface area contributed by atoms with Gasteiger partial charge in [-0.3, -0.25) is 4.79 Å². The number of aliphatic hydroxyl groups is 1. The van der Waals surface area contributed by atoms with E-state index in [1.54, 1.807) is 12.1 Å². The number of carbonyl (C=O) groups is 1. The summed E-state index contributed by atoms with van der Waals surface area (Å²) in [5.41, 5.74) is -2.07. The van der Waals surface area contributed by atoms with Gasteiger partial charge in [0.15, 0.2) is 6.61 Å². The van der Waals surface area contributed by atoms with Crippen molar-refractivity contribution in [2.45, 2.75) is 63.8 Å². The highest BCUT2D eigenvalue weighted by atomic mass is 19.4. The molecule has 0 saturated heterocycles. The van der Waals surface area contributed by atoms with Gasteiger partial charge in [0.1, 0.15) is 5.75 Å². The van der Waals surface area contributed by atoms with Crippen LogP contribution in [0.1, 0.15) is 52.0 Å². The highest BCUT2D eigenvalue weighted by molar-refractivity contribution is 5.93. The Morgan fingerprint density at radius 2 is 1.89 bits per heavy atom. The van der Waals surface area contributed by atoms with Gasteiger partial charge in [-0.15, -0.1) is 0 Å². The Kier molecular flexibility index (Phi) is 5.20. The van der Waals surface area contributed by atoms with Crippen molar-refractivity contribution < 1.29 is 27.8 Å². The van der Waals surface area contributed by atoms with Crippen LogP contribution in [0.5, 0.6) is 5.75 Å². The van der Waals surface area contributed by atoms with Crippen LogP contribution in [0.3, 0.4) is 0 Å². The maximum absolute atomic E-state index is 13.7. The molecule has 3 rings (SSSR count). The molecule has 5 nitrogen and oxygen atoms in total. The fourth-order valence-corrected chi connectivity index (χ4v) is 3.72. The zero-order valence-electron chi connectivity index (χ0n) is 16.2. The first-order valence-corrected chi connectivity index (χ1v) is 9.37. The van der Waals surface area contributed by atoms with E-state index in [0.29, 0.717) is 25.0 Å². The van der Waals surface area contributed by atoms with Crippen LogP contribution in [-0.2, 0) is 10.2 Å². The van der Waals surface area contributed by atoms with Gasteiger partial charge in [-0.05, 0) is 42.4 Å². The quantitative estimate of drug-likeness (QED) is 0.837. The number of hydrazone groups is 1. The van der Waals surface area contributed by atoms with Gasteiger partial charge < -0.3 is 9.84 Å². The Morgan fingerprint density at radius 1 is 1.25 bits per heavy atom. The van der Waals surface area contributed by atoms with Gasteiger partial charge in [-0.2, -0.15) is 23.3 Å². The molecular weight excluding hydrogens is 373 g/mol. The summed E-state index contributed by atoms with van der Waals surface area (Å²) < 4.78 is 46.4. The molecule has 1 aromatic carbocycles. The zero-order valence-corrected chi connectivity index (χ0v) is 16.2. The predicted molar refractivity (Wildman–Crippen MR) is 97.9 cm³/mol. The van der Waals surface area contributed by atoms with Gasteiger partial charge in [0.25, 0.3) is 11.6 Å². The van der Waals surface area contributed by atoms with E-state index in [9.17, 15) is 23.1 Å². The van der Waals surface area contributed by atoms with Crippen LogP contribution in [0.2, 0.25) is 0 Å². The third kappa shape index (κ3) is 3.62. The first kappa shape index (κ1) is 20.6. The number of ether oxygens (including phenoxy) is 1. The van der Waals surface area contributed by atoms with Crippen molar-refractivity contribution in [1.29, 1.82) is 0 Å². The number of nitrogens with zero attached hydrogens (tertiary/aromatic N) is 2. The first-order chi connectivity index (χ1) is 12.9. The van der Waals surface area contributed by atoms with Crippen LogP contribution < -0.4 is 4.74 Å². The molecule has 1 fully saturated rings. The minimum Gasteiger partial charge on any atom is -0.484 e. The molecule has 1 saturated carbocycles. The molecule has 0 bridgehead atoms. The minimum atomic E-state index is -5.01. The van der Waals surface area contributed by atoms with Gasteiger partial charge in [0.05, 0.1) is 5.92 Å². The summed E-state index contributed by atoms with van der Waals surface area (Å²) in [7, 11) is 0. The Bertz CT molecular complexity index is 768. The third-order valence-corrected chi connectivity index (χ3v) is 5.35. The van der Waals surface area contributed by atoms with E-state index in [4.69, 9.17) is 4.74 Å². The van der Waals surface area contributed by atoms with E-state index < -0.39 is 30.3 Å². The Balaban J connectivity index is 1.74. The van der Waals surface area contributed by atoms with Crippen molar-refractivity contribution in [3.8, 4) is 5.75 Å². The number of carbonyl (C=O) groups excluding carboxylic acids is 1. The Hall–Kier alpha value is -2.09. The largest absolute Gasteiger partial charge is 0.484 e. The van der Waals surface area contributed by atoms with E-state index in [2.05, 4.69) is 25.9 Å². The lowest BCUT2D eigenvalue weighted by atomic mass is 9.80. The molecule has 28 heavy (non-hydrogen) atoms. The summed E-state index contributed by atoms with van der Waals surface area (Å²) in [6.07, 6.45) is -3.26. The third-order valence-electron chi connectivity index (χ3n) is 5.35. The summed E-state index contributed by atoms with van der Waals surface area (Å²) in [5.74, 6) is -1.88. The van der Waals surface area contributed by atoms with Crippen molar-refractivity contribution >= 4 is 11.6 Å². The smallest absolute Gasteiger partial charge is 0.439 e. The topological polar surface area (TPSA) is 62.1 Å². The molecule has 1 aliphatic carbocycles. The highest BCUT2D eigenvalue weighted by Gasteiger charge is 2.68. The molecule has 0 aromatic heterocycles. The number of alkyl halides is 3. The average Bonchev–Trinajstić information content (AvgIpc) is 2.94. The number of hydrogen-bond acceptors (Lipinski definition) is 4. The van der Waals surface area contributed by atoms with E-state index >= 15 is 0 Å². The molecule has 1 aliphatic heterocycles. The van der Waals surface area contributed by atoms with Gasteiger partial charge in [-0.1, -0.05) is 39.3 Å². The zero-order chi connectivity index (χ0) is 20.7. The molecule has 0 radical (unpaired) electrons. The van der Waals surface area contributed by atoms with Crippen LogP contribution in [-0.4, -0.2) is 40.2 Å². The average molecular weight is 398 g/mol. The second-order valence-corrected chi connectivity index (χ2v) is 8.38. The van der Waals surface area contributed by atoms with E-state index in [1.807, 2.05) is 12.1 Å². The molecule has 0 unspecified atom stereocenters. The van der Waals surface area contributed by atoms with Crippen LogP contribution >= 0.6 is 0 Å². The number of halogens is 3. The van der Waals surface area contributed by atoms with Crippen molar-refractivity contribution in [3.63, 3.8) is 0 Å². The Labute approximate surface area is 162 Å². The lowest BCUT2D eigenvalue weighted by Gasteiger charge is -2.38. The van der Waals surface area contributed by atoms with Gasteiger partial charge in [0.2, 0.25) is 0 Å². The number of fused-ring (bicyclic) bond motifs is 1. The molecule has 8 heteroatoms. The summed E-state index contributed by atoms with van der Waals surface area (Å²) >= 11 is 0. The summed E-state index contributed by atoms with van der Waals surface area (Å²) in [4.78, 5) is 12.5. The summed E-state index contributed by atoms with van der Waals surface area (Å²) in [6, 6.07) is 7.02. The lowest BCUT2D eigenvalue weighted by molar-refractivity contribution is -0.317. The number of amides is 1. The molecule has 1 N–H and O–H groups in total. The predicted octanol–water partition coefficient (Wildman–Crippen LogP) is 4.00. The van der Waals surface area contributed by atoms with Crippen molar-refractivity contribution in [2.75, 3.05) is 6.61 Å². The van der Waals surface area contributed by atoms with E-state index in [-0.39, 0.29) is 22.6 Å². The monoisotopic (exact) mass is 398 g/mol. The molecule has 2 aliphatic rings. The molecule has 154 valence electrons. The molecule has 1 aromatic rings. The van der Waals surface area contributed by atoms with E-state index in [1.165, 1.54) is 0 Å². The number of benzene rings is 1. The minimum absolute atomic E-state index is 0.0561. The number of hydrogen-bond donors (Lipinski definition) is 1. The number of rotatable bonds is 3. The van der Waals surface area contributed by atoms with Crippen molar-refractivity contribution in [2.24, 2.45) is 11.0 Å².